The monoisotopic (exact) mass is 267 g/mol. The lowest BCUT2D eigenvalue weighted by Crippen LogP contribution is -1.99. The molecule has 0 unspecified atom stereocenters. The number of hydrogen-bond acceptors (Lipinski definition) is 3. The van der Waals surface area contributed by atoms with E-state index in [1.807, 2.05) is 6.20 Å². The fourth-order valence-electron chi connectivity index (χ4n) is 1.69. The van der Waals surface area contributed by atoms with Gasteiger partial charge in [-0.05, 0) is 28.8 Å². The fourth-order valence-corrected chi connectivity index (χ4v) is 2.05. The summed E-state index contributed by atoms with van der Waals surface area (Å²) in [7, 11) is 1.67. The van der Waals surface area contributed by atoms with Gasteiger partial charge in [0.1, 0.15) is 0 Å². The van der Waals surface area contributed by atoms with Crippen LogP contribution in [0.15, 0.2) is 16.9 Å². The van der Waals surface area contributed by atoms with Gasteiger partial charge in [-0.2, -0.15) is 5.10 Å². The van der Waals surface area contributed by atoms with Crippen LogP contribution in [0.2, 0.25) is 0 Å². The predicted octanol–water partition coefficient (Wildman–Crippen LogP) is 2.38. The maximum atomic E-state index is 5.33. The van der Waals surface area contributed by atoms with Crippen LogP contribution in [0.25, 0.3) is 5.65 Å². The maximum absolute atomic E-state index is 5.33. The average Bonchev–Trinajstić information content (AvgIpc) is 3.04. The Kier molecular flexibility index (Phi) is 1.95. The Morgan fingerprint density at radius 3 is 3.00 bits per heavy atom. The molecule has 0 N–H and O–H groups in total. The summed E-state index contributed by atoms with van der Waals surface area (Å²) in [6.45, 7) is 0. The molecule has 78 valence electrons. The molecule has 2 aromatic rings. The molecule has 0 saturated heterocycles. The lowest BCUT2D eigenvalue weighted by Gasteiger charge is -2.06. The quantitative estimate of drug-likeness (QED) is 0.839. The summed E-state index contributed by atoms with van der Waals surface area (Å²) >= 11 is 3.43. The van der Waals surface area contributed by atoms with Crippen LogP contribution in [-0.4, -0.2) is 21.7 Å². The van der Waals surface area contributed by atoms with Crippen LogP contribution in [0.3, 0.4) is 0 Å². The first-order valence-corrected chi connectivity index (χ1v) is 5.66. The molecular weight excluding hydrogens is 258 g/mol. The third-order valence-corrected chi connectivity index (χ3v) is 3.19. The first-order valence-electron chi connectivity index (χ1n) is 4.87. The molecule has 0 aliphatic heterocycles. The first-order chi connectivity index (χ1) is 7.29. The molecule has 0 amide bonds. The minimum atomic E-state index is 0.576. The molecule has 1 aliphatic rings. The second-order valence-corrected chi connectivity index (χ2v) is 4.58. The van der Waals surface area contributed by atoms with Gasteiger partial charge < -0.3 is 4.74 Å². The maximum Gasteiger partial charge on any atom is 0.169 e. The first kappa shape index (κ1) is 9.15. The van der Waals surface area contributed by atoms with Crippen LogP contribution in [-0.2, 0) is 0 Å². The van der Waals surface area contributed by atoms with E-state index in [0.717, 1.165) is 21.6 Å². The number of ether oxygens (including phenoxy) is 1. The van der Waals surface area contributed by atoms with Gasteiger partial charge >= 0.3 is 0 Å². The molecule has 1 fully saturated rings. The minimum absolute atomic E-state index is 0.576. The van der Waals surface area contributed by atoms with E-state index < -0.39 is 0 Å². The van der Waals surface area contributed by atoms with Crippen molar-refractivity contribution in [1.82, 2.24) is 14.6 Å². The van der Waals surface area contributed by atoms with Gasteiger partial charge in [-0.25, -0.2) is 9.50 Å². The summed E-state index contributed by atoms with van der Waals surface area (Å²) in [5.74, 6) is 1.41. The Hall–Kier alpha value is -1.10. The molecule has 0 atom stereocenters. The van der Waals surface area contributed by atoms with Crippen LogP contribution in [0.4, 0.5) is 0 Å². The Bertz CT molecular complexity index is 519. The van der Waals surface area contributed by atoms with Crippen LogP contribution < -0.4 is 4.74 Å². The highest BCUT2D eigenvalue weighted by Gasteiger charge is 2.29. The molecule has 0 radical (unpaired) electrons. The molecule has 15 heavy (non-hydrogen) atoms. The van der Waals surface area contributed by atoms with Crippen molar-refractivity contribution in [1.29, 1.82) is 0 Å². The Morgan fingerprint density at radius 1 is 1.53 bits per heavy atom. The van der Waals surface area contributed by atoms with Crippen LogP contribution in [0.1, 0.15) is 24.5 Å². The van der Waals surface area contributed by atoms with Crippen molar-refractivity contribution in [3.8, 4) is 5.75 Å². The summed E-state index contributed by atoms with van der Waals surface area (Å²) in [5.41, 5.74) is 1.92. The van der Waals surface area contributed by atoms with Gasteiger partial charge in [-0.15, -0.1) is 0 Å². The molecule has 3 rings (SSSR count). The van der Waals surface area contributed by atoms with Crippen LogP contribution in [0, 0.1) is 0 Å². The van der Waals surface area contributed by atoms with Gasteiger partial charge in [0.15, 0.2) is 11.4 Å². The lowest BCUT2D eigenvalue weighted by atomic mass is 10.2. The summed E-state index contributed by atoms with van der Waals surface area (Å²) in [6.07, 6.45) is 6.07. The van der Waals surface area contributed by atoms with E-state index in [4.69, 9.17) is 4.74 Å². The van der Waals surface area contributed by atoms with Crippen molar-refractivity contribution in [2.75, 3.05) is 7.11 Å². The van der Waals surface area contributed by atoms with Gasteiger partial charge in [-0.3, -0.25) is 0 Å². The van der Waals surface area contributed by atoms with E-state index in [1.54, 1.807) is 17.8 Å². The van der Waals surface area contributed by atoms with E-state index in [9.17, 15) is 0 Å². The Morgan fingerprint density at radius 2 is 2.33 bits per heavy atom. The molecular formula is C10H10BrN3O. The highest BCUT2D eigenvalue weighted by Crippen LogP contribution is 2.43. The van der Waals surface area contributed by atoms with E-state index >= 15 is 0 Å². The van der Waals surface area contributed by atoms with Gasteiger partial charge in [0.2, 0.25) is 0 Å². The van der Waals surface area contributed by atoms with Crippen molar-refractivity contribution in [3.63, 3.8) is 0 Å². The third-order valence-electron chi connectivity index (χ3n) is 2.63. The van der Waals surface area contributed by atoms with Crippen molar-refractivity contribution in [3.05, 3.63) is 22.6 Å². The van der Waals surface area contributed by atoms with Crippen LogP contribution >= 0.6 is 15.9 Å². The largest absolute Gasteiger partial charge is 0.493 e. The zero-order chi connectivity index (χ0) is 10.4. The van der Waals surface area contributed by atoms with Gasteiger partial charge in [0, 0.05) is 5.92 Å². The molecule has 1 aliphatic carbocycles. The topological polar surface area (TPSA) is 39.4 Å². The molecule has 2 heterocycles. The summed E-state index contributed by atoms with van der Waals surface area (Å²) in [6, 6.07) is 0. The van der Waals surface area contributed by atoms with Crippen LogP contribution in [0.5, 0.6) is 5.75 Å². The fraction of sp³-hybridized carbons (Fsp3) is 0.400. The number of nitrogens with zero attached hydrogens (tertiary/aromatic N) is 3. The second-order valence-electron chi connectivity index (χ2n) is 3.73. The van der Waals surface area contributed by atoms with Gasteiger partial charge in [0.05, 0.1) is 29.7 Å². The van der Waals surface area contributed by atoms with E-state index in [-0.39, 0.29) is 0 Å². The highest BCUT2D eigenvalue weighted by atomic mass is 79.9. The Balaban J connectivity index is 2.25. The third kappa shape index (κ3) is 1.42. The van der Waals surface area contributed by atoms with Crippen molar-refractivity contribution < 1.29 is 4.74 Å². The molecule has 0 spiro atoms. The molecule has 0 bridgehead atoms. The number of aromatic nitrogens is 3. The number of hydrogen-bond donors (Lipinski definition) is 0. The van der Waals surface area contributed by atoms with Gasteiger partial charge in [0.25, 0.3) is 0 Å². The Labute approximate surface area is 95.4 Å². The minimum Gasteiger partial charge on any atom is -0.493 e. The zero-order valence-corrected chi connectivity index (χ0v) is 9.86. The standard InChI is InChI=1S/C10H10BrN3O/c1-15-8-5-14-10(7(11)4-12-14)13-9(8)6-2-3-6/h4-6H,2-3H2,1H3. The SMILES string of the molecule is COc1cn2ncc(Br)c2nc1C1CC1. The zero-order valence-electron chi connectivity index (χ0n) is 8.27. The van der Waals surface area contributed by atoms with Crippen molar-refractivity contribution in [2.45, 2.75) is 18.8 Å². The summed E-state index contributed by atoms with van der Waals surface area (Å²) in [5, 5.41) is 4.17. The van der Waals surface area contributed by atoms with Crippen molar-refractivity contribution in [2.24, 2.45) is 0 Å². The number of methoxy groups -OCH3 is 1. The molecule has 2 aromatic heterocycles. The van der Waals surface area contributed by atoms with E-state index in [0.29, 0.717) is 5.92 Å². The lowest BCUT2D eigenvalue weighted by molar-refractivity contribution is 0.403. The molecule has 1 saturated carbocycles. The number of rotatable bonds is 2. The number of fused-ring (bicyclic) bond motifs is 1. The normalized spacial score (nSPS) is 15.9. The van der Waals surface area contributed by atoms with E-state index in [2.05, 4.69) is 26.0 Å². The predicted molar refractivity (Wildman–Crippen MR) is 59.2 cm³/mol. The van der Waals surface area contributed by atoms with E-state index in [1.165, 1.54) is 12.8 Å². The summed E-state index contributed by atoms with van der Waals surface area (Å²) < 4.78 is 7.98. The average molecular weight is 268 g/mol. The molecule has 0 aromatic carbocycles. The second kappa shape index (κ2) is 3.20. The van der Waals surface area contributed by atoms with Crippen molar-refractivity contribution >= 4 is 21.6 Å². The van der Waals surface area contributed by atoms with Gasteiger partial charge in [-0.1, -0.05) is 0 Å². The summed E-state index contributed by atoms with van der Waals surface area (Å²) in [4.78, 5) is 4.60. The molecule has 5 heteroatoms. The smallest absolute Gasteiger partial charge is 0.169 e. The number of halogens is 1. The molecule has 4 nitrogen and oxygen atoms in total. The highest BCUT2D eigenvalue weighted by molar-refractivity contribution is 9.10.